The van der Waals surface area contributed by atoms with E-state index in [0.717, 1.165) is 17.7 Å². The third-order valence-corrected chi connectivity index (χ3v) is 3.76. The second kappa shape index (κ2) is 8.25. The average Bonchev–Trinajstić information content (AvgIpc) is 2.50. The van der Waals surface area contributed by atoms with Gasteiger partial charge in [-0.25, -0.2) is 0 Å². The normalized spacial score (nSPS) is 12.2. The Balaban J connectivity index is 0.00000312. The number of carbonyl (C=O) groups excluding carboxylic acids is 1. The maximum absolute atomic E-state index is 12.7. The van der Waals surface area contributed by atoms with Gasteiger partial charge in [-0.2, -0.15) is 13.2 Å². The average molecular weight is 373 g/mol. The molecule has 0 bridgehead atoms. The molecular weight excluding hydrogens is 353 g/mol. The predicted molar refractivity (Wildman–Crippen MR) is 95.8 cm³/mol. The van der Waals surface area contributed by atoms with E-state index in [1.165, 1.54) is 6.07 Å². The van der Waals surface area contributed by atoms with E-state index in [9.17, 15) is 18.0 Å². The van der Waals surface area contributed by atoms with Crippen molar-refractivity contribution >= 4 is 29.7 Å². The molecule has 25 heavy (non-hydrogen) atoms. The monoisotopic (exact) mass is 372 g/mol. The van der Waals surface area contributed by atoms with Gasteiger partial charge in [-0.1, -0.05) is 31.2 Å². The van der Waals surface area contributed by atoms with Crippen LogP contribution in [0.1, 0.15) is 23.6 Å². The topological polar surface area (TPSA) is 55.1 Å². The van der Waals surface area contributed by atoms with Gasteiger partial charge in [0.25, 0.3) is 0 Å². The zero-order chi connectivity index (χ0) is 17.9. The Bertz CT molecular complexity index is 747. The molecule has 136 valence electrons. The SMILES string of the molecule is Cc1ccc(N)cc1NC(=O)C(C)Cc1cccc(C(F)(F)F)c1.Cl. The van der Waals surface area contributed by atoms with Crippen LogP contribution in [0.2, 0.25) is 0 Å². The summed E-state index contributed by atoms with van der Waals surface area (Å²) in [5, 5.41) is 2.77. The van der Waals surface area contributed by atoms with Gasteiger partial charge >= 0.3 is 6.18 Å². The van der Waals surface area contributed by atoms with Crippen LogP contribution < -0.4 is 11.1 Å². The van der Waals surface area contributed by atoms with Gasteiger partial charge in [-0.05, 0) is 42.7 Å². The van der Waals surface area contributed by atoms with Gasteiger partial charge in [-0.15, -0.1) is 12.4 Å². The minimum absolute atomic E-state index is 0. The molecule has 0 saturated carbocycles. The van der Waals surface area contributed by atoms with Crippen molar-refractivity contribution in [2.75, 3.05) is 11.1 Å². The fourth-order valence-corrected chi connectivity index (χ4v) is 2.35. The van der Waals surface area contributed by atoms with E-state index in [-0.39, 0.29) is 24.7 Å². The third-order valence-electron chi connectivity index (χ3n) is 3.76. The van der Waals surface area contributed by atoms with Crippen molar-refractivity contribution in [3.05, 3.63) is 59.2 Å². The van der Waals surface area contributed by atoms with Gasteiger partial charge in [-0.3, -0.25) is 4.79 Å². The van der Waals surface area contributed by atoms with E-state index >= 15 is 0 Å². The standard InChI is InChI=1S/C18H19F3N2O.ClH/c1-11-6-7-15(22)10-16(11)23-17(24)12(2)8-13-4-3-5-14(9-13)18(19,20)21;/h3-7,9-10,12H,8,22H2,1-2H3,(H,23,24);1H. The molecule has 1 atom stereocenters. The molecule has 0 aliphatic carbocycles. The Kier molecular flexibility index (Phi) is 6.87. The lowest BCUT2D eigenvalue weighted by Gasteiger charge is -2.15. The molecule has 2 aromatic carbocycles. The Labute approximate surface area is 150 Å². The molecule has 2 aromatic rings. The molecule has 1 unspecified atom stereocenters. The molecular formula is C18H20ClF3N2O. The first-order valence-corrected chi connectivity index (χ1v) is 7.50. The summed E-state index contributed by atoms with van der Waals surface area (Å²) in [5.74, 6) is -0.740. The first-order chi connectivity index (χ1) is 11.2. The quantitative estimate of drug-likeness (QED) is 0.755. The van der Waals surface area contributed by atoms with Crippen LogP contribution in [0.5, 0.6) is 0 Å². The summed E-state index contributed by atoms with van der Waals surface area (Å²) in [6.07, 6.45) is -4.17. The van der Waals surface area contributed by atoms with Crippen LogP contribution in [0.4, 0.5) is 24.5 Å². The van der Waals surface area contributed by atoms with Gasteiger partial charge in [0.1, 0.15) is 0 Å². The lowest BCUT2D eigenvalue weighted by atomic mass is 9.98. The van der Waals surface area contributed by atoms with E-state index in [0.29, 0.717) is 16.9 Å². The molecule has 1 amide bonds. The summed E-state index contributed by atoms with van der Waals surface area (Å²) in [5.41, 5.74) is 7.46. The summed E-state index contributed by atoms with van der Waals surface area (Å²) in [6.45, 7) is 3.52. The largest absolute Gasteiger partial charge is 0.416 e. The number of nitrogen functional groups attached to an aromatic ring is 1. The van der Waals surface area contributed by atoms with E-state index in [2.05, 4.69) is 5.32 Å². The lowest BCUT2D eigenvalue weighted by Crippen LogP contribution is -2.22. The van der Waals surface area contributed by atoms with Crippen molar-refractivity contribution in [1.29, 1.82) is 0 Å². The first-order valence-electron chi connectivity index (χ1n) is 7.50. The van der Waals surface area contributed by atoms with E-state index in [1.807, 2.05) is 6.92 Å². The fraction of sp³-hybridized carbons (Fsp3) is 0.278. The summed E-state index contributed by atoms with van der Waals surface area (Å²) in [4.78, 5) is 12.3. The summed E-state index contributed by atoms with van der Waals surface area (Å²) in [6, 6.07) is 10.2. The van der Waals surface area contributed by atoms with E-state index in [4.69, 9.17) is 5.73 Å². The Hall–Kier alpha value is -2.21. The Morgan fingerprint density at radius 1 is 1.20 bits per heavy atom. The highest BCUT2D eigenvalue weighted by molar-refractivity contribution is 5.93. The highest BCUT2D eigenvalue weighted by Gasteiger charge is 2.30. The van der Waals surface area contributed by atoms with Crippen molar-refractivity contribution in [1.82, 2.24) is 0 Å². The van der Waals surface area contributed by atoms with Crippen molar-refractivity contribution in [2.45, 2.75) is 26.4 Å². The van der Waals surface area contributed by atoms with Crippen molar-refractivity contribution in [3.8, 4) is 0 Å². The molecule has 2 rings (SSSR count). The van der Waals surface area contributed by atoms with Crippen LogP contribution in [0.25, 0.3) is 0 Å². The summed E-state index contributed by atoms with van der Waals surface area (Å²) < 4.78 is 38.2. The number of benzene rings is 2. The van der Waals surface area contributed by atoms with Crippen LogP contribution in [-0.4, -0.2) is 5.91 Å². The minimum Gasteiger partial charge on any atom is -0.399 e. The lowest BCUT2D eigenvalue weighted by molar-refractivity contribution is -0.137. The van der Waals surface area contributed by atoms with Crippen LogP contribution in [0.15, 0.2) is 42.5 Å². The van der Waals surface area contributed by atoms with Crippen LogP contribution >= 0.6 is 12.4 Å². The highest BCUT2D eigenvalue weighted by Crippen LogP contribution is 2.30. The molecule has 3 N–H and O–H groups in total. The Morgan fingerprint density at radius 2 is 1.88 bits per heavy atom. The number of halogens is 4. The number of nitrogens with one attached hydrogen (secondary N) is 1. The van der Waals surface area contributed by atoms with Crippen LogP contribution in [-0.2, 0) is 17.4 Å². The van der Waals surface area contributed by atoms with Gasteiger partial charge in [0, 0.05) is 17.3 Å². The molecule has 3 nitrogen and oxygen atoms in total. The number of anilines is 2. The number of hydrogen-bond acceptors (Lipinski definition) is 2. The molecule has 0 fully saturated rings. The maximum Gasteiger partial charge on any atom is 0.416 e. The number of carbonyl (C=O) groups is 1. The van der Waals surface area contributed by atoms with E-state index in [1.54, 1.807) is 31.2 Å². The van der Waals surface area contributed by atoms with Crippen LogP contribution in [0, 0.1) is 12.8 Å². The fourth-order valence-electron chi connectivity index (χ4n) is 2.35. The zero-order valence-corrected chi connectivity index (χ0v) is 14.7. The predicted octanol–water partition coefficient (Wildman–Crippen LogP) is 4.84. The van der Waals surface area contributed by atoms with Crippen molar-refractivity contribution in [2.24, 2.45) is 5.92 Å². The molecule has 0 saturated heterocycles. The number of nitrogens with two attached hydrogens (primary N) is 1. The Morgan fingerprint density at radius 3 is 2.52 bits per heavy atom. The molecule has 0 aliphatic rings. The second-order valence-electron chi connectivity index (χ2n) is 5.87. The molecule has 7 heteroatoms. The first kappa shape index (κ1) is 20.8. The van der Waals surface area contributed by atoms with Crippen molar-refractivity contribution in [3.63, 3.8) is 0 Å². The third kappa shape index (κ3) is 5.67. The molecule has 0 aliphatic heterocycles. The van der Waals surface area contributed by atoms with Crippen molar-refractivity contribution < 1.29 is 18.0 Å². The molecule has 0 radical (unpaired) electrons. The number of hydrogen-bond donors (Lipinski definition) is 2. The van der Waals surface area contributed by atoms with Crippen LogP contribution in [0.3, 0.4) is 0 Å². The molecule has 0 heterocycles. The summed E-state index contributed by atoms with van der Waals surface area (Å²) >= 11 is 0. The van der Waals surface area contributed by atoms with E-state index < -0.39 is 17.7 Å². The van der Waals surface area contributed by atoms with Gasteiger partial charge in [0.15, 0.2) is 0 Å². The van der Waals surface area contributed by atoms with Gasteiger partial charge in [0.05, 0.1) is 5.56 Å². The smallest absolute Gasteiger partial charge is 0.399 e. The molecule has 0 spiro atoms. The van der Waals surface area contributed by atoms with Gasteiger partial charge < -0.3 is 11.1 Å². The number of amides is 1. The maximum atomic E-state index is 12.7. The highest BCUT2D eigenvalue weighted by atomic mass is 35.5. The minimum atomic E-state index is -4.39. The number of alkyl halides is 3. The summed E-state index contributed by atoms with van der Waals surface area (Å²) in [7, 11) is 0. The second-order valence-corrected chi connectivity index (χ2v) is 5.87. The number of rotatable bonds is 4. The number of aryl methyl sites for hydroxylation is 1. The molecule has 0 aromatic heterocycles. The van der Waals surface area contributed by atoms with Gasteiger partial charge in [0.2, 0.25) is 5.91 Å². The zero-order valence-electron chi connectivity index (χ0n) is 13.9.